The number of carbonyl (C=O) groups excluding carboxylic acids is 3. The molecule has 3 aliphatic rings. The molecule has 1 aromatic carbocycles. The van der Waals surface area contributed by atoms with E-state index in [0.29, 0.717) is 24.2 Å². The van der Waals surface area contributed by atoms with Crippen molar-refractivity contribution in [2.24, 2.45) is 22.7 Å². The van der Waals surface area contributed by atoms with Gasteiger partial charge in [-0.3, -0.25) is 14.6 Å². The summed E-state index contributed by atoms with van der Waals surface area (Å²) in [5.74, 6) is -2.14. The Labute approximate surface area is 283 Å². The molecule has 0 bridgehead atoms. The molecule has 49 heavy (non-hydrogen) atoms. The Morgan fingerprint density at radius 3 is 2.47 bits per heavy atom. The summed E-state index contributed by atoms with van der Waals surface area (Å²) in [4.78, 5) is 56.1. The van der Waals surface area contributed by atoms with Gasteiger partial charge in [-0.15, -0.1) is 0 Å². The van der Waals surface area contributed by atoms with Gasteiger partial charge in [0.25, 0.3) is 0 Å². The lowest BCUT2D eigenvalue weighted by Gasteiger charge is -2.66. The molecule has 0 spiro atoms. The Hall–Kier alpha value is -4.71. The minimum atomic E-state index is -1.40. The highest BCUT2D eigenvalue weighted by molar-refractivity contribution is 5.90. The van der Waals surface area contributed by atoms with Crippen LogP contribution < -0.4 is 15.1 Å². The molecule has 2 aromatic heterocycles. The monoisotopic (exact) mass is 675 g/mol. The zero-order chi connectivity index (χ0) is 35.3. The number of carbonyl (C=O) groups is 3. The SMILES string of the molecule is COc1cccc(C(=O)O[C@H]2CC3[C@](C)(CC[C@H](OC(C)=O)[C@]3(C)COC(C)=O)C3C(O)c4c(cc(-c5cccnc5)oc4=O)O[C@@]32C)c1. The number of esters is 3. The fraction of sp³-hybridized carbons (Fsp3) is 0.486. The Morgan fingerprint density at radius 2 is 1.80 bits per heavy atom. The van der Waals surface area contributed by atoms with E-state index in [9.17, 15) is 24.3 Å². The molecule has 0 radical (unpaired) electrons. The van der Waals surface area contributed by atoms with E-state index in [-0.39, 0.29) is 35.7 Å². The van der Waals surface area contributed by atoms with Crippen LogP contribution in [0.4, 0.5) is 0 Å². The van der Waals surface area contributed by atoms with Crippen LogP contribution in [0.25, 0.3) is 11.3 Å². The summed E-state index contributed by atoms with van der Waals surface area (Å²) in [7, 11) is 1.50. The molecule has 0 saturated heterocycles. The lowest BCUT2D eigenvalue weighted by molar-refractivity contribution is -0.266. The van der Waals surface area contributed by atoms with E-state index in [1.807, 2.05) is 13.8 Å². The van der Waals surface area contributed by atoms with Gasteiger partial charge in [-0.1, -0.05) is 19.9 Å². The highest BCUT2D eigenvalue weighted by Crippen LogP contribution is 2.67. The maximum absolute atomic E-state index is 13.8. The lowest BCUT2D eigenvalue weighted by Crippen LogP contribution is -2.71. The smallest absolute Gasteiger partial charge is 0.345 e. The molecule has 1 N–H and O–H groups in total. The van der Waals surface area contributed by atoms with Gasteiger partial charge in [-0.25, -0.2) is 9.59 Å². The zero-order valence-corrected chi connectivity index (χ0v) is 28.4. The summed E-state index contributed by atoms with van der Waals surface area (Å²) in [6.07, 6.45) is 1.15. The third-order valence-corrected chi connectivity index (χ3v) is 11.0. The van der Waals surface area contributed by atoms with Gasteiger partial charge < -0.3 is 33.2 Å². The first-order valence-electron chi connectivity index (χ1n) is 16.3. The van der Waals surface area contributed by atoms with Gasteiger partial charge >= 0.3 is 23.5 Å². The van der Waals surface area contributed by atoms with E-state index in [4.69, 9.17) is 28.1 Å². The fourth-order valence-corrected chi connectivity index (χ4v) is 8.78. The molecular formula is C37H41NO11. The summed E-state index contributed by atoms with van der Waals surface area (Å²) >= 11 is 0. The maximum atomic E-state index is 13.8. The summed E-state index contributed by atoms with van der Waals surface area (Å²) in [6, 6.07) is 11.5. The molecule has 1 aliphatic heterocycles. The van der Waals surface area contributed by atoms with Crippen LogP contribution in [0.3, 0.4) is 0 Å². The van der Waals surface area contributed by atoms with Gasteiger partial charge in [0, 0.05) is 49.2 Å². The quantitative estimate of drug-likeness (QED) is 0.262. The number of ether oxygens (including phenoxy) is 5. The van der Waals surface area contributed by atoms with Gasteiger partial charge in [0.15, 0.2) is 0 Å². The highest BCUT2D eigenvalue weighted by atomic mass is 16.6. The molecule has 12 heteroatoms. The van der Waals surface area contributed by atoms with Crippen LogP contribution >= 0.6 is 0 Å². The van der Waals surface area contributed by atoms with Crippen molar-refractivity contribution in [1.29, 1.82) is 0 Å². The fourth-order valence-electron chi connectivity index (χ4n) is 8.78. The number of benzene rings is 1. The van der Waals surface area contributed by atoms with Gasteiger partial charge in [-0.05, 0) is 67.9 Å². The number of aliphatic hydroxyl groups excluding tert-OH is 1. The lowest BCUT2D eigenvalue weighted by atomic mass is 9.42. The highest BCUT2D eigenvalue weighted by Gasteiger charge is 2.71. The van der Waals surface area contributed by atoms with Gasteiger partial charge in [0.1, 0.15) is 47.2 Å². The number of rotatable bonds is 7. The molecule has 3 aromatic rings. The van der Waals surface area contributed by atoms with Crippen LogP contribution in [0.15, 0.2) is 64.1 Å². The average molecular weight is 676 g/mol. The molecule has 2 fully saturated rings. The number of aromatic nitrogens is 1. The summed E-state index contributed by atoms with van der Waals surface area (Å²) in [6.45, 7) is 8.20. The van der Waals surface area contributed by atoms with Crippen molar-refractivity contribution in [1.82, 2.24) is 4.98 Å². The zero-order valence-electron chi connectivity index (χ0n) is 28.4. The largest absolute Gasteiger partial charge is 0.497 e. The first-order chi connectivity index (χ1) is 23.2. The number of methoxy groups -OCH3 is 1. The molecule has 8 atom stereocenters. The topological polar surface area (TPSA) is 161 Å². The van der Waals surface area contributed by atoms with Crippen molar-refractivity contribution < 1.29 is 47.6 Å². The molecule has 2 saturated carbocycles. The molecule has 6 rings (SSSR count). The van der Waals surface area contributed by atoms with Gasteiger partial charge in [0.2, 0.25) is 0 Å². The minimum absolute atomic E-state index is 0.0429. The maximum Gasteiger partial charge on any atom is 0.345 e. The van der Waals surface area contributed by atoms with Crippen molar-refractivity contribution in [3.05, 3.63) is 76.4 Å². The van der Waals surface area contributed by atoms with E-state index >= 15 is 0 Å². The normalized spacial score (nSPS) is 31.5. The van der Waals surface area contributed by atoms with E-state index < -0.39 is 70.1 Å². The van der Waals surface area contributed by atoms with Crippen molar-refractivity contribution in [3.8, 4) is 22.8 Å². The number of pyridine rings is 1. The first kappa shape index (κ1) is 34.2. The molecule has 3 heterocycles. The number of hydrogen-bond acceptors (Lipinski definition) is 12. The molecule has 260 valence electrons. The Morgan fingerprint density at radius 1 is 1.02 bits per heavy atom. The van der Waals surface area contributed by atoms with E-state index in [1.54, 1.807) is 61.8 Å². The Bertz CT molecular complexity index is 1820. The third-order valence-electron chi connectivity index (χ3n) is 11.0. The second-order valence-corrected chi connectivity index (χ2v) is 14.0. The van der Waals surface area contributed by atoms with Gasteiger partial charge in [-0.2, -0.15) is 0 Å². The van der Waals surface area contributed by atoms with Crippen LogP contribution in [0.5, 0.6) is 11.5 Å². The van der Waals surface area contributed by atoms with E-state index in [2.05, 4.69) is 4.98 Å². The van der Waals surface area contributed by atoms with Crippen molar-refractivity contribution in [3.63, 3.8) is 0 Å². The van der Waals surface area contributed by atoms with Crippen molar-refractivity contribution in [2.45, 2.75) is 77.8 Å². The number of nitrogens with zero attached hydrogens (tertiary/aromatic N) is 1. The summed E-state index contributed by atoms with van der Waals surface area (Å²) < 4.78 is 35.6. The Kier molecular flexibility index (Phi) is 8.81. The summed E-state index contributed by atoms with van der Waals surface area (Å²) in [5, 5.41) is 12.3. The molecule has 12 nitrogen and oxygen atoms in total. The predicted molar refractivity (Wildman–Crippen MR) is 174 cm³/mol. The molecular weight excluding hydrogens is 634 g/mol. The molecule has 3 unspecified atom stereocenters. The number of fused-ring (bicyclic) bond motifs is 4. The van der Waals surface area contributed by atoms with Crippen molar-refractivity contribution >= 4 is 17.9 Å². The van der Waals surface area contributed by atoms with Crippen LogP contribution in [-0.2, 0) is 23.8 Å². The number of aliphatic hydroxyl groups is 1. The molecule has 2 aliphatic carbocycles. The van der Waals surface area contributed by atoms with Crippen LogP contribution in [0.2, 0.25) is 0 Å². The van der Waals surface area contributed by atoms with Gasteiger partial charge in [0.05, 0.1) is 18.8 Å². The van der Waals surface area contributed by atoms with E-state index in [0.717, 1.165) is 0 Å². The second-order valence-electron chi connectivity index (χ2n) is 14.0. The summed E-state index contributed by atoms with van der Waals surface area (Å²) in [5.41, 5.74) is -3.16. The average Bonchev–Trinajstić information content (AvgIpc) is 3.06. The predicted octanol–water partition coefficient (Wildman–Crippen LogP) is 5.06. The Balaban J connectivity index is 1.50. The van der Waals surface area contributed by atoms with Crippen LogP contribution in [-0.4, -0.2) is 59.5 Å². The third kappa shape index (κ3) is 5.85. The molecule has 0 amide bonds. The van der Waals surface area contributed by atoms with Crippen LogP contribution in [0.1, 0.15) is 75.9 Å². The van der Waals surface area contributed by atoms with E-state index in [1.165, 1.54) is 21.0 Å². The second kappa shape index (κ2) is 12.6. The van der Waals surface area contributed by atoms with Crippen LogP contribution in [0, 0.1) is 22.7 Å². The minimum Gasteiger partial charge on any atom is -0.497 e. The first-order valence-corrected chi connectivity index (χ1v) is 16.3. The number of hydrogen-bond donors (Lipinski definition) is 1. The standard InChI is InChI=1S/C37H41NO11/c1-20(39)45-19-36(4)27-17-29(48-33(42)22-9-7-11-24(15-22)44-6)37(5)32(35(27,3)13-12-28(36)46-21(2)40)31(41)30-26(49-37)16-25(47-34(30)43)23-10-8-14-38-18-23/h7-11,14-16,18,27-29,31-32,41H,12-13,17,19H2,1-6H3/t27?,28-,29-,31?,32?,35-,36+,37+/m0/s1. The van der Waals surface area contributed by atoms with Crippen molar-refractivity contribution in [2.75, 3.05) is 13.7 Å².